The molecular formula is C28H40N6O. The lowest BCUT2D eigenvalue weighted by molar-refractivity contribution is 0.430. The van der Waals surface area contributed by atoms with Crippen molar-refractivity contribution in [3.05, 3.63) is 58.8 Å². The van der Waals surface area contributed by atoms with Crippen LogP contribution in [0.5, 0.6) is 11.6 Å². The van der Waals surface area contributed by atoms with Crippen LogP contribution in [0.1, 0.15) is 71.4 Å². The van der Waals surface area contributed by atoms with Crippen molar-refractivity contribution < 1.29 is 4.74 Å². The highest BCUT2D eigenvalue weighted by Gasteiger charge is 2.16. The van der Waals surface area contributed by atoms with E-state index in [1.54, 1.807) is 16.8 Å². The summed E-state index contributed by atoms with van der Waals surface area (Å²) in [6.45, 7) is 13.0. The number of nitriles is 1. The van der Waals surface area contributed by atoms with Gasteiger partial charge in [0.2, 0.25) is 5.88 Å². The lowest BCUT2D eigenvalue weighted by Crippen LogP contribution is -2.25. The maximum absolute atomic E-state index is 9.46. The highest BCUT2D eigenvalue weighted by atomic mass is 16.5. The Morgan fingerprint density at radius 3 is 2.51 bits per heavy atom. The van der Waals surface area contributed by atoms with E-state index in [2.05, 4.69) is 49.8 Å². The topological polar surface area (TPSA) is 92.5 Å². The van der Waals surface area contributed by atoms with E-state index >= 15 is 0 Å². The second-order valence-corrected chi connectivity index (χ2v) is 8.68. The Morgan fingerprint density at radius 1 is 1.20 bits per heavy atom. The summed E-state index contributed by atoms with van der Waals surface area (Å²) in [5.41, 5.74) is 10.3. The molecule has 2 aromatic rings. The van der Waals surface area contributed by atoms with Crippen LogP contribution in [0, 0.1) is 11.3 Å². The summed E-state index contributed by atoms with van der Waals surface area (Å²) in [6.07, 6.45) is 7.86. The van der Waals surface area contributed by atoms with Crippen molar-refractivity contribution in [3.63, 3.8) is 0 Å². The first-order valence-electron chi connectivity index (χ1n) is 12.5. The van der Waals surface area contributed by atoms with E-state index in [0.717, 1.165) is 61.4 Å². The second kappa shape index (κ2) is 14.1. The van der Waals surface area contributed by atoms with Crippen molar-refractivity contribution >= 4 is 11.5 Å². The molecule has 0 aliphatic heterocycles. The lowest BCUT2D eigenvalue weighted by atomic mass is 10.1. The predicted molar refractivity (Wildman–Crippen MR) is 145 cm³/mol. The lowest BCUT2D eigenvalue weighted by Gasteiger charge is -2.20. The number of anilines is 1. The van der Waals surface area contributed by atoms with Crippen molar-refractivity contribution in [2.75, 3.05) is 24.5 Å². The summed E-state index contributed by atoms with van der Waals surface area (Å²) >= 11 is 0. The largest absolute Gasteiger partial charge is 0.438 e. The number of hydrogen-bond donors (Lipinski definition) is 1. The van der Waals surface area contributed by atoms with Gasteiger partial charge in [-0.3, -0.25) is 4.99 Å². The summed E-state index contributed by atoms with van der Waals surface area (Å²) in [5.74, 6) is 2.08. The van der Waals surface area contributed by atoms with Gasteiger partial charge in [-0.05, 0) is 69.8 Å². The van der Waals surface area contributed by atoms with Gasteiger partial charge in [-0.2, -0.15) is 10.4 Å². The van der Waals surface area contributed by atoms with Gasteiger partial charge in [-0.15, -0.1) is 0 Å². The Hall–Kier alpha value is -3.37. The summed E-state index contributed by atoms with van der Waals surface area (Å²) in [7, 11) is 1.87. The van der Waals surface area contributed by atoms with Crippen LogP contribution < -0.4 is 15.4 Å². The van der Waals surface area contributed by atoms with Crippen LogP contribution >= 0.6 is 0 Å². The Balaban J connectivity index is 2.44. The predicted octanol–water partition coefficient (Wildman–Crippen LogP) is 6.11. The minimum atomic E-state index is 0.526. The quantitative estimate of drug-likeness (QED) is 0.278. The third kappa shape index (κ3) is 8.11. The maximum Gasteiger partial charge on any atom is 0.219 e. The number of nitrogens with zero attached hydrogens (tertiary/aromatic N) is 5. The minimum absolute atomic E-state index is 0.526. The SMILES string of the molecule is CCCN(CCC)c1cc(Oc2cc(C#N)ccc2C(C)=N/C=C(\C=C(/C)CC)CCN)n(C)n1. The van der Waals surface area contributed by atoms with Crippen molar-refractivity contribution in [2.24, 2.45) is 17.8 Å². The molecule has 2 rings (SSSR count). The van der Waals surface area contributed by atoms with Gasteiger partial charge < -0.3 is 15.4 Å². The van der Waals surface area contributed by atoms with Crippen LogP contribution in [-0.2, 0) is 7.05 Å². The zero-order valence-electron chi connectivity index (χ0n) is 22.1. The molecule has 0 saturated heterocycles. The molecule has 0 aliphatic rings. The molecule has 1 aromatic carbocycles. The number of aromatic nitrogens is 2. The van der Waals surface area contributed by atoms with Gasteiger partial charge in [0.05, 0.1) is 11.6 Å². The highest BCUT2D eigenvalue weighted by molar-refractivity contribution is 6.01. The van der Waals surface area contributed by atoms with Crippen LogP contribution in [0.2, 0.25) is 0 Å². The number of allylic oxidation sites excluding steroid dienone is 2. The molecule has 0 unspecified atom stereocenters. The van der Waals surface area contributed by atoms with E-state index in [1.807, 2.05) is 32.3 Å². The van der Waals surface area contributed by atoms with Crippen molar-refractivity contribution in [3.8, 4) is 17.7 Å². The Kier molecular flexibility index (Phi) is 11.2. The molecule has 0 saturated carbocycles. The Morgan fingerprint density at radius 2 is 1.91 bits per heavy atom. The number of hydrogen-bond acceptors (Lipinski definition) is 6. The highest BCUT2D eigenvalue weighted by Crippen LogP contribution is 2.30. The van der Waals surface area contributed by atoms with Gasteiger partial charge in [0.1, 0.15) is 5.75 Å². The number of nitrogens with two attached hydrogens (primary N) is 1. The first-order chi connectivity index (χ1) is 16.9. The average Bonchev–Trinajstić information content (AvgIpc) is 3.21. The van der Waals surface area contributed by atoms with E-state index in [0.29, 0.717) is 23.7 Å². The average molecular weight is 477 g/mol. The van der Waals surface area contributed by atoms with E-state index in [1.165, 1.54) is 5.57 Å². The monoisotopic (exact) mass is 476 g/mol. The number of aryl methyl sites for hydroxylation is 1. The van der Waals surface area contributed by atoms with Crippen LogP contribution in [0.25, 0.3) is 0 Å². The number of aliphatic imine (C=N–C) groups is 1. The molecule has 1 heterocycles. The van der Waals surface area contributed by atoms with Crippen LogP contribution in [-0.4, -0.2) is 35.1 Å². The third-order valence-electron chi connectivity index (χ3n) is 5.70. The number of ether oxygens (including phenoxy) is 1. The fourth-order valence-corrected chi connectivity index (χ4v) is 3.66. The van der Waals surface area contributed by atoms with Gasteiger partial charge in [0.25, 0.3) is 0 Å². The molecule has 35 heavy (non-hydrogen) atoms. The first kappa shape index (κ1) is 27.9. The molecular weight excluding hydrogens is 436 g/mol. The standard InChI is InChI=1S/C28H40N6O/c1-7-14-34(15-8-2)27-18-28(33(6)32-27)35-26-17-23(19-30)10-11-25(26)22(5)31-20-24(12-13-29)16-21(4)9-3/h10-11,16-18,20H,7-9,12-15,29H2,1-6H3/b21-16+,24-20-,31-22?. The van der Waals surface area contributed by atoms with Crippen LogP contribution in [0.3, 0.4) is 0 Å². The molecule has 2 N–H and O–H groups in total. The van der Waals surface area contributed by atoms with Gasteiger partial charge in [-0.25, -0.2) is 4.68 Å². The molecule has 7 heteroatoms. The molecule has 188 valence electrons. The second-order valence-electron chi connectivity index (χ2n) is 8.68. The fraction of sp³-hybridized carbons (Fsp3) is 0.464. The molecule has 7 nitrogen and oxygen atoms in total. The smallest absolute Gasteiger partial charge is 0.219 e. The van der Waals surface area contributed by atoms with Crippen LogP contribution in [0.4, 0.5) is 5.82 Å². The zero-order valence-corrected chi connectivity index (χ0v) is 22.1. The van der Waals surface area contributed by atoms with E-state index < -0.39 is 0 Å². The van der Waals surface area contributed by atoms with Gasteiger partial charge in [-0.1, -0.05) is 32.4 Å². The van der Waals surface area contributed by atoms with Gasteiger partial charge >= 0.3 is 0 Å². The molecule has 1 aromatic heterocycles. The number of benzene rings is 1. The Labute approximate surface area is 210 Å². The number of rotatable bonds is 13. The summed E-state index contributed by atoms with van der Waals surface area (Å²) < 4.78 is 8.05. The van der Waals surface area contributed by atoms with Crippen molar-refractivity contribution in [1.29, 1.82) is 5.26 Å². The van der Waals surface area contributed by atoms with Crippen molar-refractivity contribution in [1.82, 2.24) is 9.78 Å². The summed E-state index contributed by atoms with van der Waals surface area (Å²) in [5, 5.41) is 14.1. The maximum atomic E-state index is 9.46. The molecule has 0 spiro atoms. The van der Waals surface area contributed by atoms with Gasteiger partial charge in [0.15, 0.2) is 5.82 Å². The molecule has 0 bridgehead atoms. The van der Waals surface area contributed by atoms with Gasteiger partial charge in [0, 0.05) is 43.7 Å². The van der Waals surface area contributed by atoms with E-state index in [-0.39, 0.29) is 0 Å². The minimum Gasteiger partial charge on any atom is -0.438 e. The molecule has 0 atom stereocenters. The van der Waals surface area contributed by atoms with Crippen LogP contribution in [0.15, 0.2) is 52.7 Å². The Bertz CT molecular complexity index is 1100. The fourth-order valence-electron chi connectivity index (χ4n) is 3.66. The molecule has 0 fully saturated rings. The molecule has 0 aliphatic carbocycles. The first-order valence-corrected chi connectivity index (χ1v) is 12.5. The van der Waals surface area contributed by atoms with E-state index in [9.17, 15) is 5.26 Å². The molecule has 0 amide bonds. The molecule has 0 radical (unpaired) electrons. The third-order valence-corrected chi connectivity index (χ3v) is 5.70. The normalized spacial score (nSPS) is 12.6. The zero-order chi connectivity index (χ0) is 25.8. The van der Waals surface area contributed by atoms with E-state index in [4.69, 9.17) is 15.5 Å². The summed E-state index contributed by atoms with van der Waals surface area (Å²) in [6, 6.07) is 9.58. The van der Waals surface area contributed by atoms with Crippen molar-refractivity contribution in [2.45, 2.75) is 60.3 Å². The summed E-state index contributed by atoms with van der Waals surface area (Å²) in [4.78, 5) is 6.99.